The Morgan fingerprint density at radius 2 is 2.00 bits per heavy atom. The highest BCUT2D eigenvalue weighted by Gasteiger charge is 2.08. The fraction of sp³-hybridized carbons (Fsp3) is 0.250. The molecule has 1 aromatic rings. The zero-order valence-corrected chi connectivity index (χ0v) is 8.60. The van der Waals surface area contributed by atoms with Gasteiger partial charge in [0, 0.05) is 12.2 Å². The highest BCUT2D eigenvalue weighted by Crippen LogP contribution is 2.12. The number of benzene rings is 1. The Balaban J connectivity index is 2.88. The largest absolute Gasteiger partial charge is 0.309 e. The molecule has 0 N–H and O–H groups in total. The van der Waals surface area contributed by atoms with Crippen molar-refractivity contribution >= 4 is 11.6 Å². The van der Waals surface area contributed by atoms with Gasteiger partial charge in [-0.25, -0.2) is 0 Å². The van der Waals surface area contributed by atoms with Crippen molar-refractivity contribution in [1.82, 2.24) is 0 Å². The molecular weight excluding hydrogens is 174 g/mol. The summed E-state index contributed by atoms with van der Waals surface area (Å²) in [6.07, 6.45) is 3.34. The number of hydrogen-bond donors (Lipinski definition) is 0. The van der Waals surface area contributed by atoms with E-state index in [0.29, 0.717) is 6.54 Å². The number of carbonyl (C=O) groups excluding carboxylic acids is 1. The minimum Gasteiger partial charge on any atom is -0.309 e. The summed E-state index contributed by atoms with van der Waals surface area (Å²) < 4.78 is 0. The zero-order chi connectivity index (χ0) is 10.4. The lowest BCUT2D eigenvalue weighted by atomic mass is 10.3. The lowest BCUT2D eigenvalue weighted by molar-refractivity contribution is -0.114. The first kappa shape index (κ1) is 10.5. The van der Waals surface area contributed by atoms with Crippen molar-refractivity contribution in [2.45, 2.75) is 13.8 Å². The first-order valence-electron chi connectivity index (χ1n) is 4.78. The second kappa shape index (κ2) is 5.22. The monoisotopic (exact) mass is 189 g/mol. The van der Waals surface area contributed by atoms with E-state index in [1.54, 1.807) is 17.1 Å². The van der Waals surface area contributed by atoms with E-state index in [4.69, 9.17) is 0 Å². The van der Waals surface area contributed by atoms with Crippen LogP contribution in [-0.4, -0.2) is 12.5 Å². The van der Waals surface area contributed by atoms with Gasteiger partial charge in [-0.2, -0.15) is 0 Å². The molecular formula is C12H15NO. The molecule has 0 saturated carbocycles. The molecule has 0 fully saturated rings. The molecule has 0 bridgehead atoms. The molecule has 0 radical (unpaired) electrons. The van der Waals surface area contributed by atoms with Crippen molar-refractivity contribution in [3.8, 4) is 0 Å². The van der Waals surface area contributed by atoms with Crippen LogP contribution in [0, 0.1) is 0 Å². The van der Waals surface area contributed by atoms with Crippen LogP contribution < -0.4 is 4.90 Å². The van der Waals surface area contributed by atoms with Crippen molar-refractivity contribution in [2.75, 3.05) is 11.4 Å². The number of carbonyl (C=O) groups is 1. The smallest absolute Gasteiger partial charge is 0.250 e. The van der Waals surface area contributed by atoms with Gasteiger partial charge < -0.3 is 4.90 Å². The number of nitrogens with zero attached hydrogens (tertiary/aromatic N) is 1. The fourth-order valence-electron chi connectivity index (χ4n) is 1.31. The Bertz CT molecular complexity index is 316. The third-order valence-electron chi connectivity index (χ3n) is 1.96. The van der Waals surface area contributed by atoms with E-state index in [1.165, 1.54) is 0 Å². The van der Waals surface area contributed by atoms with E-state index < -0.39 is 0 Å². The minimum atomic E-state index is 0.0289. The molecule has 0 aliphatic carbocycles. The first-order chi connectivity index (χ1) is 6.79. The Morgan fingerprint density at radius 3 is 2.50 bits per heavy atom. The predicted molar refractivity (Wildman–Crippen MR) is 59.3 cm³/mol. The van der Waals surface area contributed by atoms with Crippen molar-refractivity contribution in [3.05, 3.63) is 42.5 Å². The number of para-hydroxylation sites is 1. The van der Waals surface area contributed by atoms with Gasteiger partial charge in [-0.15, -0.1) is 0 Å². The summed E-state index contributed by atoms with van der Waals surface area (Å²) >= 11 is 0. The van der Waals surface area contributed by atoms with Crippen LogP contribution in [0.4, 0.5) is 5.69 Å². The van der Waals surface area contributed by atoms with Crippen LogP contribution in [0.5, 0.6) is 0 Å². The highest BCUT2D eigenvalue weighted by molar-refractivity contribution is 6.01. The number of rotatable bonds is 3. The van der Waals surface area contributed by atoms with Crippen molar-refractivity contribution in [1.29, 1.82) is 0 Å². The van der Waals surface area contributed by atoms with E-state index in [-0.39, 0.29) is 5.91 Å². The quantitative estimate of drug-likeness (QED) is 0.669. The molecule has 0 spiro atoms. The molecule has 0 aliphatic heterocycles. The Hall–Kier alpha value is -1.57. The van der Waals surface area contributed by atoms with E-state index in [2.05, 4.69) is 0 Å². The van der Waals surface area contributed by atoms with Crippen molar-refractivity contribution in [2.24, 2.45) is 0 Å². The first-order valence-corrected chi connectivity index (χ1v) is 4.78. The SMILES string of the molecule is C/C=C/C(=O)N(CC)c1ccccc1. The number of likely N-dealkylation sites (N-methyl/N-ethyl adjacent to an activating group) is 1. The third-order valence-corrected chi connectivity index (χ3v) is 1.96. The van der Waals surface area contributed by atoms with Crippen molar-refractivity contribution < 1.29 is 4.79 Å². The zero-order valence-electron chi connectivity index (χ0n) is 8.60. The summed E-state index contributed by atoms with van der Waals surface area (Å²) in [5.41, 5.74) is 0.943. The summed E-state index contributed by atoms with van der Waals surface area (Å²) in [5, 5.41) is 0. The molecule has 0 atom stereocenters. The van der Waals surface area contributed by atoms with Crippen LogP contribution >= 0.6 is 0 Å². The van der Waals surface area contributed by atoms with E-state index in [1.807, 2.05) is 44.2 Å². The molecule has 0 saturated heterocycles. The molecule has 2 nitrogen and oxygen atoms in total. The van der Waals surface area contributed by atoms with E-state index >= 15 is 0 Å². The summed E-state index contributed by atoms with van der Waals surface area (Å²) in [6, 6.07) is 9.68. The Kier molecular flexibility index (Phi) is 3.92. The predicted octanol–water partition coefficient (Wildman–Crippen LogP) is 2.62. The average Bonchev–Trinajstić information content (AvgIpc) is 2.21. The highest BCUT2D eigenvalue weighted by atomic mass is 16.2. The lowest BCUT2D eigenvalue weighted by Crippen LogP contribution is -2.28. The molecule has 14 heavy (non-hydrogen) atoms. The van der Waals surface area contributed by atoms with Crippen LogP contribution in [-0.2, 0) is 4.79 Å². The van der Waals surface area contributed by atoms with Gasteiger partial charge in [0.2, 0.25) is 0 Å². The molecule has 1 aromatic carbocycles. The molecule has 0 aromatic heterocycles. The summed E-state index contributed by atoms with van der Waals surface area (Å²) in [7, 11) is 0. The van der Waals surface area contributed by atoms with Crippen LogP contribution in [0.3, 0.4) is 0 Å². The van der Waals surface area contributed by atoms with Gasteiger partial charge in [-0.1, -0.05) is 24.3 Å². The summed E-state index contributed by atoms with van der Waals surface area (Å²) in [5.74, 6) is 0.0289. The van der Waals surface area contributed by atoms with Gasteiger partial charge in [-0.3, -0.25) is 4.79 Å². The van der Waals surface area contributed by atoms with Gasteiger partial charge in [-0.05, 0) is 32.1 Å². The normalized spacial score (nSPS) is 10.4. The molecule has 1 rings (SSSR count). The standard InChI is InChI=1S/C12H15NO/c1-3-8-12(14)13(4-2)11-9-6-5-7-10-11/h3,5-10H,4H2,1-2H3/b8-3+. The third kappa shape index (κ3) is 2.46. The summed E-state index contributed by atoms with van der Waals surface area (Å²) in [4.78, 5) is 13.3. The lowest BCUT2D eigenvalue weighted by Gasteiger charge is -2.18. The van der Waals surface area contributed by atoms with E-state index in [0.717, 1.165) is 5.69 Å². The molecule has 0 unspecified atom stereocenters. The van der Waals surface area contributed by atoms with Crippen LogP contribution in [0.1, 0.15) is 13.8 Å². The number of allylic oxidation sites excluding steroid dienone is 1. The number of anilines is 1. The van der Waals surface area contributed by atoms with Crippen LogP contribution in [0.15, 0.2) is 42.5 Å². The maximum Gasteiger partial charge on any atom is 0.250 e. The van der Waals surface area contributed by atoms with Crippen LogP contribution in [0.2, 0.25) is 0 Å². The maximum absolute atomic E-state index is 11.6. The molecule has 1 amide bonds. The second-order valence-corrected chi connectivity index (χ2v) is 2.92. The maximum atomic E-state index is 11.6. The molecule has 0 aliphatic rings. The molecule has 2 heteroatoms. The minimum absolute atomic E-state index is 0.0289. The van der Waals surface area contributed by atoms with Gasteiger partial charge in [0.25, 0.3) is 5.91 Å². The van der Waals surface area contributed by atoms with Crippen molar-refractivity contribution in [3.63, 3.8) is 0 Å². The van der Waals surface area contributed by atoms with Gasteiger partial charge >= 0.3 is 0 Å². The van der Waals surface area contributed by atoms with Gasteiger partial charge in [0.15, 0.2) is 0 Å². The van der Waals surface area contributed by atoms with Gasteiger partial charge in [0.1, 0.15) is 0 Å². The number of amides is 1. The molecule has 74 valence electrons. The Morgan fingerprint density at radius 1 is 1.36 bits per heavy atom. The topological polar surface area (TPSA) is 20.3 Å². The average molecular weight is 189 g/mol. The fourth-order valence-corrected chi connectivity index (χ4v) is 1.31. The Labute approximate surface area is 84.9 Å². The van der Waals surface area contributed by atoms with Crippen LogP contribution in [0.25, 0.3) is 0 Å². The van der Waals surface area contributed by atoms with Gasteiger partial charge in [0.05, 0.1) is 0 Å². The molecule has 0 heterocycles. The number of hydrogen-bond acceptors (Lipinski definition) is 1. The summed E-state index contributed by atoms with van der Waals surface area (Å²) in [6.45, 7) is 4.50. The van der Waals surface area contributed by atoms with E-state index in [9.17, 15) is 4.79 Å². The second-order valence-electron chi connectivity index (χ2n) is 2.92.